The summed E-state index contributed by atoms with van der Waals surface area (Å²) in [5.41, 5.74) is 4.22. The summed E-state index contributed by atoms with van der Waals surface area (Å²) in [5.74, 6) is 0.320. The van der Waals surface area contributed by atoms with Gasteiger partial charge in [0.2, 0.25) is 11.6 Å². The third-order valence-electron chi connectivity index (χ3n) is 7.83. The lowest BCUT2D eigenvalue weighted by molar-refractivity contribution is 0.102. The van der Waals surface area contributed by atoms with Gasteiger partial charge >= 0.3 is 0 Å². The highest BCUT2D eigenvalue weighted by Gasteiger charge is 2.25. The van der Waals surface area contributed by atoms with Crippen molar-refractivity contribution in [2.75, 3.05) is 19.4 Å². The van der Waals surface area contributed by atoms with Crippen LogP contribution in [0.25, 0.3) is 39.2 Å². The number of furan rings is 1. The van der Waals surface area contributed by atoms with Gasteiger partial charge in [0, 0.05) is 44.3 Å². The van der Waals surface area contributed by atoms with Gasteiger partial charge in [-0.15, -0.1) is 0 Å². The fourth-order valence-corrected chi connectivity index (χ4v) is 5.70. The first-order valence-corrected chi connectivity index (χ1v) is 15.3. The summed E-state index contributed by atoms with van der Waals surface area (Å²) in [7, 11) is 7.51. The number of ether oxygens (including phenoxy) is 1. The fraction of sp³-hybridized carbons (Fsp3) is 0.139. The average molecular weight is 659 g/mol. The van der Waals surface area contributed by atoms with Crippen molar-refractivity contribution in [3.63, 3.8) is 0 Å². The number of halogens is 1. The summed E-state index contributed by atoms with van der Waals surface area (Å²) in [6.07, 6.45) is 6.42. The topological polar surface area (TPSA) is 125 Å². The van der Waals surface area contributed by atoms with Gasteiger partial charge in [0.15, 0.2) is 0 Å². The van der Waals surface area contributed by atoms with Crippen LogP contribution < -0.4 is 15.6 Å². The lowest BCUT2D eigenvalue weighted by Gasteiger charge is -2.12. The molecule has 0 saturated heterocycles. The van der Waals surface area contributed by atoms with Gasteiger partial charge in [0.05, 0.1) is 17.4 Å². The molecule has 246 valence electrons. The van der Waals surface area contributed by atoms with E-state index in [1.165, 1.54) is 46.2 Å². The van der Waals surface area contributed by atoms with Gasteiger partial charge in [-0.1, -0.05) is 18.2 Å². The zero-order valence-corrected chi connectivity index (χ0v) is 27.1. The second-order valence-corrected chi connectivity index (χ2v) is 11.8. The SMILES string of the molecule is CN(C)Cc1cccc(-c2c(-c3cnn(C)c3)oc3ncnc(Oc4ccc(NC(=O)c5cn(C)n(-c6ccc(F)cc6)c5=O)cc4)c23)c1. The summed E-state index contributed by atoms with van der Waals surface area (Å²) in [4.78, 5) is 37.2. The predicted octanol–water partition coefficient (Wildman–Crippen LogP) is 6.03. The molecule has 0 fully saturated rings. The molecule has 1 N–H and O–H groups in total. The molecule has 0 bridgehead atoms. The van der Waals surface area contributed by atoms with Crippen LogP contribution >= 0.6 is 0 Å². The molecule has 12 nitrogen and oxygen atoms in total. The molecule has 4 heterocycles. The normalized spacial score (nSPS) is 11.4. The second-order valence-electron chi connectivity index (χ2n) is 11.8. The van der Waals surface area contributed by atoms with E-state index in [0.717, 1.165) is 28.8 Å². The quantitative estimate of drug-likeness (QED) is 0.200. The van der Waals surface area contributed by atoms with E-state index in [4.69, 9.17) is 9.15 Å². The number of nitrogens with zero attached hydrogens (tertiary/aromatic N) is 7. The summed E-state index contributed by atoms with van der Waals surface area (Å²) in [6, 6.07) is 20.3. The molecular formula is C36H31FN8O4. The van der Waals surface area contributed by atoms with Gasteiger partial charge in [-0.05, 0) is 79.8 Å². The van der Waals surface area contributed by atoms with Crippen molar-refractivity contribution < 1.29 is 18.3 Å². The minimum Gasteiger partial charge on any atom is -0.438 e. The Balaban J connectivity index is 1.18. The Kier molecular flexibility index (Phi) is 8.10. The molecule has 1 amide bonds. The minimum absolute atomic E-state index is 0.0675. The number of benzene rings is 3. The molecular weight excluding hydrogens is 627 g/mol. The summed E-state index contributed by atoms with van der Waals surface area (Å²) < 4.78 is 30.5. The molecule has 49 heavy (non-hydrogen) atoms. The van der Waals surface area contributed by atoms with E-state index in [2.05, 4.69) is 37.4 Å². The number of anilines is 1. The Labute approximate surface area is 279 Å². The molecule has 4 aromatic heterocycles. The maximum atomic E-state index is 13.4. The van der Waals surface area contributed by atoms with E-state index in [1.54, 1.807) is 42.2 Å². The van der Waals surface area contributed by atoms with Gasteiger partial charge in [0.1, 0.15) is 34.6 Å². The summed E-state index contributed by atoms with van der Waals surface area (Å²) in [5, 5.41) is 7.70. The highest BCUT2D eigenvalue weighted by Crippen LogP contribution is 2.44. The zero-order chi connectivity index (χ0) is 34.2. The van der Waals surface area contributed by atoms with Crippen molar-refractivity contribution in [2.45, 2.75) is 6.54 Å². The molecule has 0 radical (unpaired) electrons. The Morgan fingerprint density at radius 2 is 1.76 bits per heavy atom. The number of hydrogen-bond donors (Lipinski definition) is 1. The van der Waals surface area contributed by atoms with E-state index in [0.29, 0.717) is 39.9 Å². The van der Waals surface area contributed by atoms with Crippen molar-refractivity contribution >= 4 is 22.7 Å². The van der Waals surface area contributed by atoms with Crippen LogP contribution in [0.1, 0.15) is 15.9 Å². The van der Waals surface area contributed by atoms with E-state index in [1.807, 2.05) is 39.5 Å². The van der Waals surface area contributed by atoms with Crippen LogP contribution in [-0.2, 0) is 20.6 Å². The molecule has 3 aromatic carbocycles. The van der Waals surface area contributed by atoms with Crippen molar-refractivity contribution in [3.05, 3.63) is 125 Å². The van der Waals surface area contributed by atoms with E-state index < -0.39 is 17.3 Å². The van der Waals surface area contributed by atoms with E-state index in [9.17, 15) is 14.0 Å². The van der Waals surface area contributed by atoms with Crippen LogP contribution in [0.4, 0.5) is 10.1 Å². The zero-order valence-electron chi connectivity index (χ0n) is 27.1. The highest BCUT2D eigenvalue weighted by atomic mass is 19.1. The van der Waals surface area contributed by atoms with Crippen molar-refractivity contribution in [2.24, 2.45) is 14.1 Å². The van der Waals surface area contributed by atoms with Gasteiger partial charge in [0.25, 0.3) is 11.5 Å². The lowest BCUT2D eigenvalue weighted by Crippen LogP contribution is -2.25. The number of carbonyl (C=O) groups is 1. The van der Waals surface area contributed by atoms with Crippen LogP contribution in [0.3, 0.4) is 0 Å². The first kappa shape index (κ1) is 31.3. The van der Waals surface area contributed by atoms with Gasteiger partial charge in [-0.25, -0.2) is 19.0 Å². The minimum atomic E-state index is -0.588. The maximum absolute atomic E-state index is 13.4. The summed E-state index contributed by atoms with van der Waals surface area (Å²) >= 11 is 0. The maximum Gasteiger partial charge on any atom is 0.284 e. The number of hydrogen-bond acceptors (Lipinski definition) is 8. The molecule has 7 rings (SSSR count). The van der Waals surface area contributed by atoms with E-state index >= 15 is 0 Å². The van der Waals surface area contributed by atoms with Gasteiger partial charge < -0.3 is 19.4 Å². The van der Waals surface area contributed by atoms with Crippen LogP contribution in [0.15, 0.2) is 107 Å². The first-order chi connectivity index (χ1) is 23.6. The summed E-state index contributed by atoms with van der Waals surface area (Å²) in [6.45, 7) is 0.753. The predicted molar refractivity (Wildman–Crippen MR) is 182 cm³/mol. The Bertz CT molecular complexity index is 2370. The molecule has 0 unspecified atom stereocenters. The highest BCUT2D eigenvalue weighted by molar-refractivity contribution is 6.04. The Hall–Kier alpha value is -6.34. The Morgan fingerprint density at radius 1 is 0.980 bits per heavy atom. The number of amides is 1. The number of carbonyl (C=O) groups excluding carboxylic acids is 1. The van der Waals surface area contributed by atoms with Gasteiger partial charge in [-0.2, -0.15) is 5.10 Å². The van der Waals surface area contributed by atoms with Crippen molar-refractivity contribution in [3.8, 4) is 39.8 Å². The number of nitrogens with one attached hydrogen (secondary N) is 1. The van der Waals surface area contributed by atoms with Crippen LogP contribution in [0, 0.1) is 5.82 Å². The molecule has 0 aliphatic carbocycles. The first-order valence-electron chi connectivity index (χ1n) is 15.3. The number of rotatable bonds is 9. The Morgan fingerprint density at radius 3 is 2.47 bits per heavy atom. The molecule has 0 atom stereocenters. The van der Waals surface area contributed by atoms with Crippen LogP contribution in [-0.4, -0.2) is 54.0 Å². The fourth-order valence-electron chi connectivity index (χ4n) is 5.70. The number of aryl methyl sites for hydroxylation is 2. The molecule has 0 spiro atoms. The van der Waals surface area contributed by atoms with Crippen molar-refractivity contribution in [1.82, 2.24) is 34.0 Å². The smallest absolute Gasteiger partial charge is 0.284 e. The number of fused-ring (bicyclic) bond motifs is 1. The van der Waals surface area contributed by atoms with Crippen LogP contribution in [0.2, 0.25) is 0 Å². The monoisotopic (exact) mass is 658 g/mol. The molecule has 13 heteroatoms. The van der Waals surface area contributed by atoms with E-state index in [-0.39, 0.29) is 5.56 Å². The molecule has 7 aromatic rings. The number of aromatic nitrogens is 6. The van der Waals surface area contributed by atoms with Crippen LogP contribution in [0.5, 0.6) is 11.6 Å². The lowest BCUT2D eigenvalue weighted by atomic mass is 9.99. The van der Waals surface area contributed by atoms with Gasteiger partial charge in [-0.3, -0.25) is 19.0 Å². The third-order valence-corrected chi connectivity index (χ3v) is 7.83. The average Bonchev–Trinajstić information content (AvgIpc) is 3.77. The molecule has 0 saturated carbocycles. The third kappa shape index (κ3) is 6.22. The largest absolute Gasteiger partial charge is 0.438 e. The second kappa shape index (κ2) is 12.7. The molecule has 0 aliphatic heterocycles. The molecule has 0 aliphatic rings. The standard InChI is InChI=1S/C36H31FN8O4/c1-42(2)18-22-6-5-7-23(16-22)30-31-34(38-21-39-35(31)49-32(30)24-17-40-43(3)19-24)48-28-14-10-26(11-15-28)41-33(46)29-20-44(4)45(36(29)47)27-12-8-25(37)9-13-27/h5-17,19-21H,18H2,1-4H3,(H,41,46). The van der Waals surface area contributed by atoms with Crippen molar-refractivity contribution in [1.29, 1.82) is 0 Å².